The summed E-state index contributed by atoms with van der Waals surface area (Å²) in [6.07, 6.45) is 5.01. The quantitative estimate of drug-likeness (QED) is 0.791. The first-order chi connectivity index (χ1) is 8.89. The van der Waals surface area contributed by atoms with E-state index in [-0.39, 0.29) is 17.4 Å². The molecule has 0 aliphatic rings. The molecule has 0 saturated carbocycles. The van der Waals surface area contributed by atoms with Crippen molar-refractivity contribution in [1.29, 1.82) is 0 Å². The van der Waals surface area contributed by atoms with Crippen LogP contribution >= 0.6 is 0 Å². The van der Waals surface area contributed by atoms with Crippen molar-refractivity contribution in [3.63, 3.8) is 0 Å². The van der Waals surface area contributed by atoms with Gasteiger partial charge in [-0.3, -0.25) is 9.78 Å². The first-order valence-electron chi connectivity index (χ1n) is 6.73. The van der Waals surface area contributed by atoms with Crippen molar-refractivity contribution in [2.75, 3.05) is 6.54 Å². The molecule has 19 heavy (non-hydrogen) atoms. The summed E-state index contributed by atoms with van der Waals surface area (Å²) in [6, 6.07) is 3.84. The maximum atomic E-state index is 11.8. The second-order valence-electron chi connectivity index (χ2n) is 5.86. The molecule has 0 spiro atoms. The summed E-state index contributed by atoms with van der Waals surface area (Å²) in [5, 5.41) is 12.3. The van der Waals surface area contributed by atoms with E-state index in [1.54, 1.807) is 19.3 Å². The van der Waals surface area contributed by atoms with E-state index in [1.165, 1.54) is 0 Å². The number of amides is 1. The number of nitrogens with one attached hydrogen (secondary N) is 1. The molecular formula is C15H24N2O2. The van der Waals surface area contributed by atoms with Crippen molar-refractivity contribution in [2.45, 2.75) is 46.1 Å². The SMILES string of the molecule is CC(O)CC(C)(C)CNC(=O)CCc1cccnc1. The molecule has 0 aliphatic heterocycles. The number of hydrogen-bond acceptors (Lipinski definition) is 3. The van der Waals surface area contributed by atoms with Crippen LogP contribution < -0.4 is 5.32 Å². The Morgan fingerprint density at radius 2 is 2.26 bits per heavy atom. The van der Waals surface area contributed by atoms with Crippen molar-refractivity contribution >= 4 is 5.91 Å². The van der Waals surface area contributed by atoms with Gasteiger partial charge in [0, 0.05) is 25.4 Å². The van der Waals surface area contributed by atoms with Crippen molar-refractivity contribution < 1.29 is 9.90 Å². The molecule has 1 aromatic heterocycles. The predicted molar refractivity (Wildman–Crippen MR) is 75.6 cm³/mol. The first-order valence-corrected chi connectivity index (χ1v) is 6.73. The molecular weight excluding hydrogens is 240 g/mol. The number of pyridine rings is 1. The van der Waals surface area contributed by atoms with Crippen LogP contribution in [-0.4, -0.2) is 28.6 Å². The van der Waals surface area contributed by atoms with Crippen LogP contribution in [0.3, 0.4) is 0 Å². The Morgan fingerprint density at radius 3 is 2.84 bits per heavy atom. The van der Waals surface area contributed by atoms with Crippen molar-refractivity contribution in [2.24, 2.45) is 5.41 Å². The normalized spacial score (nSPS) is 13.1. The number of rotatable bonds is 7. The van der Waals surface area contributed by atoms with Crippen LogP contribution in [0.4, 0.5) is 0 Å². The van der Waals surface area contributed by atoms with Crippen LogP contribution in [0.5, 0.6) is 0 Å². The lowest BCUT2D eigenvalue weighted by atomic mass is 9.87. The van der Waals surface area contributed by atoms with Gasteiger partial charge in [-0.15, -0.1) is 0 Å². The maximum Gasteiger partial charge on any atom is 0.220 e. The summed E-state index contributed by atoms with van der Waals surface area (Å²) in [7, 11) is 0. The van der Waals surface area contributed by atoms with Gasteiger partial charge in [0.2, 0.25) is 5.91 Å². The van der Waals surface area contributed by atoms with E-state index in [0.29, 0.717) is 25.8 Å². The second kappa shape index (κ2) is 7.24. The van der Waals surface area contributed by atoms with Gasteiger partial charge in [-0.05, 0) is 36.8 Å². The lowest BCUT2D eigenvalue weighted by Gasteiger charge is -2.26. The molecule has 1 aromatic rings. The molecule has 1 unspecified atom stereocenters. The number of carbonyl (C=O) groups is 1. The molecule has 0 aliphatic carbocycles. The highest BCUT2D eigenvalue weighted by Gasteiger charge is 2.20. The van der Waals surface area contributed by atoms with E-state index in [4.69, 9.17) is 0 Å². The monoisotopic (exact) mass is 264 g/mol. The summed E-state index contributed by atoms with van der Waals surface area (Å²) in [5.41, 5.74) is 0.985. The van der Waals surface area contributed by atoms with Crippen molar-refractivity contribution in [3.05, 3.63) is 30.1 Å². The molecule has 1 amide bonds. The molecule has 4 heteroatoms. The van der Waals surface area contributed by atoms with E-state index in [0.717, 1.165) is 5.56 Å². The molecule has 0 bridgehead atoms. The zero-order valence-electron chi connectivity index (χ0n) is 12.0. The fourth-order valence-electron chi connectivity index (χ4n) is 2.10. The molecule has 1 rings (SSSR count). The minimum absolute atomic E-state index is 0.0440. The number of aromatic nitrogens is 1. The smallest absolute Gasteiger partial charge is 0.220 e. The van der Waals surface area contributed by atoms with Gasteiger partial charge in [0.1, 0.15) is 0 Å². The molecule has 4 nitrogen and oxygen atoms in total. The van der Waals surface area contributed by atoms with E-state index in [1.807, 2.05) is 26.0 Å². The van der Waals surface area contributed by atoms with E-state index in [2.05, 4.69) is 10.3 Å². The highest BCUT2D eigenvalue weighted by molar-refractivity contribution is 5.76. The fraction of sp³-hybridized carbons (Fsp3) is 0.600. The van der Waals surface area contributed by atoms with Crippen LogP contribution in [0, 0.1) is 5.41 Å². The molecule has 2 N–H and O–H groups in total. The summed E-state index contributed by atoms with van der Waals surface area (Å²) >= 11 is 0. The van der Waals surface area contributed by atoms with Crippen molar-refractivity contribution in [3.8, 4) is 0 Å². The van der Waals surface area contributed by atoms with E-state index in [9.17, 15) is 9.90 Å². The van der Waals surface area contributed by atoms with E-state index < -0.39 is 0 Å². The molecule has 0 fully saturated rings. The minimum Gasteiger partial charge on any atom is -0.393 e. The van der Waals surface area contributed by atoms with Crippen LogP contribution in [0.25, 0.3) is 0 Å². The number of nitrogens with zero attached hydrogens (tertiary/aromatic N) is 1. The molecule has 0 aromatic carbocycles. The van der Waals surface area contributed by atoms with Gasteiger partial charge in [0.05, 0.1) is 6.10 Å². The molecule has 106 valence electrons. The highest BCUT2D eigenvalue weighted by Crippen LogP contribution is 2.21. The zero-order chi connectivity index (χ0) is 14.3. The van der Waals surface area contributed by atoms with Gasteiger partial charge in [-0.25, -0.2) is 0 Å². The van der Waals surface area contributed by atoms with Gasteiger partial charge in [0.25, 0.3) is 0 Å². The van der Waals surface area contributed by atoms with Gasteiger partial charge >= 0.3 is 0 Å². The van der Waals surface area contributed by atoms with E-state index >= 15 is 0 Å². The second-order valence-corrected chi connectivity index (χ2v) is 5.86. The Labute approximate surface area is 115 Å². The number of hydrogen-bond donors (Lipinski definition) is 2. The van der Waals surface area contributed by atoms with Gasteiger partial charge < -0.3 is 10.4 Å². The number of aryl methyl sites for hydroxylation is 1. The van der Waals surface area contributed by atoms with Crippen LogP contribution in [0.2, 0.25) is 0 Å². The molecule has 1 heterocycles. The number of aliphatic hydroxyl groups is 1. The number of aliphatic hydroxyl groups excluding tert-OH is 1. The average Bonchev–Trinajstić information content (AvgIpc) is 2.34. The Balaban J connectivity index is 2.28. The largest absolute Gasteiger partial charge is 0.393 e. The van der Waals surface area contributed by atoms with Gasteiger partial charge in [0.15, 0.2) is 0 Å². The summed E-state index contributed by atoms with van der Waals surface area (Å²) in [5.74, 6) is 0.0440. The van der Waals surface area contributed by atoms with Crippen LogP contribution in [0.15, 0.2) is 24.5 Å². The summed E-state index contributed by atoms with van der Waals surface area (Å²) < 4.78 is 0. The zero-order valence-corrected chi connectivity index (χ0v) is 12.0. The Kier molecular flexibility index (Phi) is 5.96. The molecule has 0 radical (unpaired) electrons. The topological polar surface area (TPSA) is 62.2 Å². The number of carbonyl (C=O) groups excluding carboxylic acids is 1. The summed E-state index contributed by atoms with van der Waals surface area (Å²) in [4.78, 5) is 15.8. The third kappa shape index (κ3) is 6.91. The molecule has 0 saturated heterocycles. The Bertz CT molecular complexity index is 388. The van der Waals surface area contributed by atoms with Crippen molar-refractivity contribution in [1.82, 2.24) is 10.3 Å². The fourth-order valence-corrected chi connectivity index (χ4v) is 2.10. The van der Waals surface area contributed by atoms with Crippen LogP contribution in [0.1, 0.15) is 39.2 Å². The van der Waals surface area contributed by atoms with Crippen LogP contribution in [-0.2, 0) is 11.2 Å². The molecule has 1 atom stereocenters. The third-order valence-electron chi connectivity index (χ3n) is 2.98. The standard InChI is InChI=1S/C15H24N2O2/c1-12(18)9-15(2,3)11-17-14(19)7-6-13-5-4-8-16-10-13/h4-5,8,10,12,18H,6-7,9,11H2,1-3H3,(H,17,19). The van der Waals surface area contributed by atoms with Gasteiger partial charge in [-0.2, -0.15) is 0 Å². The maximum absolute atomic E-state index is 11.8. The Morgan fingerprint density at radius 1 is 1.53 bits per heavy atom. The average molecular weight is 264 g/mol. The highest BCUT2D eigenvalue weighted by atomic mass is 16.3. The lowest BCUT2D eigenvalue weighted by molar-refractivity contribution is -0.121. The first kappa shape index (κ1) is 15.6. The summed E-state index contributed by atoms with van der Waals surface area (Å²) in [6.45, 7) is 6.44. The minimum atomic E-state index is -0.345. The lowest BCUT2D eigenvalue weighted by Crippen LogP contribution is -2.35. The predicted octanol–water partition coefficient (Wildman–Crippen LogP) is 1.93. The Hall–Kier alpha value is -1.42. The third-order valence-corrected chi connectivity index (χ3v) is 2.98. The van der Waals surface area contributed by atoms with Gasteiger partial charge in [-0.1, -0.05) is 19.9 Å².